The van der Waals surface area contributed by atoms with E-state index in [1.807, 2.05) is 19.9 Å². The predicted molar refractivity (Wildman–Crippen MR) is 73.8 cm³/mol. The third-order valence-electron chi connectivity index (χ3n) is 2.54. The molecule has 0 unspecified atom stereocenters. The number of nitrogens with zero attached hydrogens (tertiary/aromatic N) is 4. The maximum atomic E-state index is 5.90. The molecule has 1 heterocycles. The molecule has 0 fully saturated rings. The van der Waals surface area contributed by atoms with Crippen LogP contribution in [0.15, 0.2) is 18.2 Å². The van der Waals surface area contributed by atoms with Gasteiger partial charge in [-0.3, -0.25) is 0 Å². The number of rotatable bonds is 5. The van der Waals surface area contributed by atoms with Crippen LogP contribution < -0.4 is 5.73 Å². The summed E-state index contributed by atoms with van der Waals surface area (Å²) in [7, 11) is 0. The zero-order chi connectivity index (χ0) is 13.8. The number of nitrogens with two attached hydrogens (primary N) is 1. The van der Waals surface area contributed by atoms with Crippen molar-refractivity contribution >= 4 is 17.3 Å². The Morgan fingerprint density at radius 1 is 1.42 bits per heavy atom. The Bertz CT molecular complexity index is 555. The summed E-state index contributed by atoms with van der Waals surface area (Å²) >= 11 is 5.90. The molecule has 102 valence electrons. The first-order valence-electron chi connectivity index (χ1n) is 6.01. The second kappa shape index (κ2) is 5.99. The van der Waals surface area contributed by atoms with Crippen molar-refractivity contribution in [3.63, 3.8) is 0 Å². The van der Waals surface area contributed by atoms with Crippen molar-refractivity contribution in [2.45, 2.75) is 26.5 Å². The largest absolute Gasteiger partial charge is 0.398 e. The lowest BCUT2D eigenvalue weighted by Gasteiger charge is -2.08. The van der Waals surface area contributed by atoms with E-state index in [0.717, 1.165) is 5.56 Å². The summed E-state index contributed by atoms with van der Waals surface area (Å²) in [5.74, 6) is 0.649. The predicted octanol–water partition coefficient (Wildman–Crippen LogP) is 2.00. The highest BCUT2D eigenvalue weighted by molar-refractivity contribution is 6.33. The molecule has 1 aromatic carbocycles. The van der Waals surface area contributed by atoms with Crippen molar-refractivity contribution < 1.29 is 4.74 Å². The smallest absolute Gasteiger partial charge is 0.182 e. The van der Waals surface area contributed by atoms with Gasteiger partial charge in [-0.05, 0) is 42.5 Å². The second-order valence-corrected chi connectivity index (χ2v) is 4.79. The van der Waals surface area contributed by atoms with Crippen molar-refractivity contribution in [2.24, 2.45) is 0 Å². The normalized spacial score (nSPS) is 11.2. The molecule has 0 saturated carbocycles. The summed E-state index contributed by atoms with van der Waals surface area (Å²) in [6.07, 6.45) is 0.186. The molecular weight excluding hydrogens is 266 g/mol. The molecule has 0 aliphatic rings. The molecule has 2 aromatic rings. The number of ether oxygens (including phenoxy) is 1. The Labute approximate surface area is 116 Å². The van der Waals surface area contributed by atoms with E-state index in [4.69, 9.17) is 22.1 Å². The van der Waals surface area contributed by atoms with Gasteiger partial charge in [-0.1, -0.05) is 11.6 Å². The average molecular weight is 282 g/mol. The number of aromatic nitrogens is 4. The molecule has 0 radical (unpaired) electrons. The Balaban J connectivity index is 2.16. The summed E-state index contributed by atoms with van der Waals surface area (Å²) in [5, 5.41) is 12.1. The first-order chi connectivity index (χ1) is 9.08. The Hall–Kier alpha value is -1.66. The molecule has 7 heteroatoms. The van der Waals surface area contributed by atoms with Gasteiger partial charge in [-0.15, -0.1) is 5.10 Å². The molecule has 0 aliphatic heterocycles. The minimum Gasteiger partial charge on any atom is -0.398 e. The van der Waals surface area contributed by atoms with Crippen LogP contribution in [0.1, 0.15) is 13.8 Å². The summed E-state index contributed by atoms with van der Waals surface area (Å²) < 4.78 is 7.17. The van der Waals surface area contributed by atoms with E-state index < -0.39 is 0 Å². The highest BCUT2D eigenvalue weighted by Crippen LogP contribution is 2.24. The summed E-state index contributed by atoms with van der Waals surface area (Å²) in [4.78, 5) is 0. The van der Waals surface area contributed by atoms with Crippen molar-refractivity contribution in [1.82, 2.24) is 20.2 Å². The summed E-state index contributed by atoms with van der Waals surface area (Å²) in [6, 6.07) is 5.33. The van der Waals surface area contributed by atoms with Crippen LogP contribution in [-0.2, 0) is 11.3 Å². The lowest BCUT2D eigenvalue weighted by atomic mass is 10.2. The van der Waals surface area contributed by atoms with Crippen molar-refractivity contribution in [1.29, 1.82) is 0 Å². The minimum atomic E-state index is 0.186. The molecular formula is C12H16ClN5O. The standard InChI is InChI=1S/C12H16ClN5O/c1-8(2)19-6-5-18-12(15-16-17-18)9-3-4-10(13)11(14)7-9/h3-4,7-8H,5-6,14H2,1-2H3. The number of tetrazole rings is 1. The topological polar surface area (TPSA) is 78.8 Å². The highest BCUT2D eigenvalue weighted by atomic mass is 35.5. The fourth-order valence-corrected chi connectivity index (χ4v) is 1.74. The number of halogens is 1. The molecule has 1 aromatic heterocycles. The van der Waals surface area contributed by atoms with Crippen LogP contribution in [0.5, 0.6) is 0 Å². The number of hydrogen-bond acceptors (Lipinski definition) is 5. The van der Waals surface area contributed by atoms with Gasteiger partial charge in [0, 0.05) is 5.56 Å². The van der Waals surface area contributed by atoms with Gasteiger partial charge >= 0.3 is 0 Å². The monoisotopic (exact) mass is 281 g/mol. The maximum absolute atomic E-state index is 5.90. The van der Waals surface area contributed by atoms with E-state index in [1.54, 1.807) is 16.8 Å². The minimum absolute atomic E-state index is 0.186. The lowest BCUT2D eigenvalue weighted by Crippen LogP contribution is -2.12. The lowest BCUT2D eigenvalue weighted by molar-refractivity contribution is 0.0709. The van der Waals surface area contributed by atoms with Crippen molar-refractivity contribution in [3.8, 4) is 11.4 Å². The SMILES string of the molecule is CC(C)OCCn1nnnc1-c1ccc(Cl)c(N)c1. The van der Waals surface area contributed by atoms with Crippen LogP contribution in [0, 0.1) is 0 Å². The summed E-state index contributed by atoms with van der Waals surface area (Å²) in [5.41, 5.74) is 7.12. The van der Waals surface area contributed by atoms with Gasteiger partial charge in [-0.25, -0.2) is 4.68 Å². The van der Waals surface area contributed by atoms with Gasteiger partial charge in [-0.2, -0.15) is 0 Å². The average Bonchev–Trinajstić information content (AvgIpc) is 2.80. The van der Waals surface area contributed by atoms with E-state index in [0.29, 0.717) is 29.7 Å². The van der Waals surface area contributed by atoms with Crippen LogP contribution >= 0.6 is 11.6 Å². The molecule has 19 heavy (non-hydrogen) atoms. The number of benzene rings is 1. The fraction of sp³-hybridized carbons (Fsp3) is 0.417. The quantitative estimate of drug-likeness (QED) is 0.848. The van der Waals surface area contributed by atoms with Crippen molar-refractivity contribution in [2.75, 3.05) is 12.3 Å². The molecule has 0 saturated heterocycles. The van der Waals surface area contributed by atoms with E-state index in [1.165, 1.54) is 0 Å². The van der Waals surface area contributed by atoms with Gasteiger partial charge in [0.05, 0.1) is 30.0 Å². The van der Waals surface area contributed by atoms with E-state index >= 15 is 0 Å². The zero-order valence-electron chi connectivity index (χ0n) is 10.9. The molecule has 0 amide bonds. The zero-order valence-corrected chi connectivity index (χ0v) is 11.6. The fourth-order valence-electron chi connectivity index (χ4n) is 1.62. The van der Waals surface area contributed by atoms with Gasteiger partial charge < -0.3 is 10.5 Å². The maximum Gasteiger partial charge on any atom is 0.182 e. The molecule has 0 bridgehead atoms. The van der Waals surface area contributed by atoms with E-state index in [-0.39, 0.29) is 6.10 Å². The third-order valence-corrected chi connectivity index (χ3v) is 2.88. The van der Waals surface area contributed by atoms with Crippen LogP contribution in [0.2, 0.25) is 5.02 Å². The number of nitrogen functional groups attached to an aromatic ring is 1. The van der Waals surface area contributed by atoms with Crippen molar-refractivity contribution in [3.05, 3.63) is 23.2 Å². The van der Waals surface area contributed by atoms with E-state index in [2.05, 4.69) is 15.5 Å². The number of anilines is 1. The first-order valence-corrected chi connectivity index (χ1v) is 6.39. The molecule has 0 aliphatic carbocycles. The van der Waals surface area contributed by atoms with Crippen LogP contribution in [-0.4, -0.2) is 32.9 Å². The van der Waals surface area contributed by atoms with Gasteiger partial charge in [0.25, 0.3) is 0 Å². The third kappa shape index (κ3) is 3.42. The number of hydrogen-bond donors (Lipinski definition) is 1. The second-order valence-electron chi connectivity index (χ2n) is 4.38. The Kier molecular flexibility index (Phi) is 4.34. The first kappa shape index (κ1) is 13.8. The molecule has 6 nitrogen and oxygen atoms in total. The van der Waals surface area contributed by atoms with Crippen LogP contribution in [0.3, 0.4) is 0 Å². The molecule has 0 spiro atoms. The highest BCUT2D eigenvalue weighted by Gasteiger charge is 2.10. The Morgan fingerprint density at radius 3 is 2.89 bits per heavy atom. The van der Waals surface area contributed by atoms with E-state index in [9.17, 15) is 0 Å². The van der Waals surface area contributed by atoms with Gasteiger partial charge in [0.2, 0.25) is 0 Å². The molecule has 2 N–H and O–H groups in total. The molecule has 2 rings (SSSR count). The van der Waals surface area contributed by atoms with Gasteiger partial charge in [0.15, 0.2) is 5.82 Å². The van der Waals surface area contributed by atoms with Crippen LogP contribution in [0.4, 0.5) is 5.69 Å². The van der Waals surface area contributed by atoms with Crippen LogP contribution in [0.25, 0.3) is 11.4 Å². The molecule has 0 atom stereocenters. The van der Waals surface area contributed by atoms with Gasteiger partial charge in [0.1, 0.15) is 0 Å². The summed E-state index contributed by atoms with van der Waals surface area (Å²) in [6.45, 7) is 5.11. The Morgan fingerprint density at radius 2 is 2.21 bits per heavy atom.